The van der Waals surface area contributed by atoms with E-state index in [1.807, 2.05) is 0 Å². The van der Waals surface area contributed by atoms with Crippen molar-refractivity contribution in [2.24, 2.45) is 0 Å². The molecule has 0 bridgehead atoms. The number of carbonyl (C=O) groups is 4. The summed E-state index contributed by atoms with van der Waals surface area (Å²) in [6.07, 6.45) is -1.27. The summed E-state index contributed by atoms with van der Waals surface area (Å²) < 4.78 is 6.86. The molecule has 3 aromatic rings. The lowest BCUT2D eigenvalue weighted by Crippen LogP contribution is -2.52. The van der Waals surface area contributed by atoms with Crippen LogP contribution in [0.4, 0.5) is 0 Å². The first-order valence-electron chi connectivity index (χ1n) is 12.2. The van der Waals surface area contributed by atoms with E-state index in [-0.39, 0.29) is 25.3 Å². The van der Waals surface area contributed by atoms with Crippen LogP contribution in [0.25, 0.3) is 10.9 Å². The number of nitrogens with zero attached hydrogens (tertiary/aromatic N) is 2. The summed E-state index contributed by atoms with van der Waals surface area (Å²) >= 11 is 5.98. The summed E-state index contributed by atoms with van der Waals surface area (Å²) in [6.45, 7) is 0.760. The van der Waals surface area contributed by atoms with E-state index in [9.17, 15) is 29.4 Å². The minimum Gasteiger partial charge on any atom is -0.497 e. The third-order valence-electron chi connectivity index (χ3n) is 6.86. The molecule has 1 aromatic heterocycles. The van der Waals surface area contributed by atoms with Gasteiger partial charge < -0.3 is 30.3 Å². The maximum atomic E-state index is 13.5. The summed E-state index contributed by atoms with van der Waals surface area (Å²) in [4.78, 5) is 52.3. The molecule has 1 aliphatic heterocycles. The minimum atomic E-state index is -1.54. The smallest absolute Gasteiger partial charge is 0.328 e. The number of carboxylic acids is 1. The number of amides is 2. The first-order valence-corrected chi connectivity index (χ1v) is 12.5. The summed E-state index contributed by atoms with van der Waals surface area (Å²) in [6, 6.07) is 8.91. The Labute approximate surface area is 228 Å². The Morgan fingerprint density at radius 1 is 1.15 bits per heavy atom. The lowest BCUT2D eigenvalue weighted by atomic mass is 10.1. The van der Waals surface area contributed by atoms with Crippen LogP contribution in [0.2, 0.25) is 5.02 Å². The molecule has 1 fully saturated rings. The number of benzene rings is 2. The number of fused-ring (bicyclic) bond motifs is 1. The SMILES string of the molecule is COc1ccc2c(c1)c(CC(=O)N1C[C@H](O)C[C@H]1C(=O)N[C@@H](CO)C(=O)O)c(C)n2C(=O)c1ccc(Cl)cc1. The van der Waals surface area contributed by atoms with Crippen LogP contribution in [0.3, 0.4) is 0 Å². The van der Waals surface area contributed by atoms with E-state index < -0.39 is 42.6 Å². The van der Waals surface area contributed by atoms with E-state index in [2.05, 4.69) is 5.32 Å². The summed E-state index contributed by atoms with van der Waals surface area (Å²) in [5, 5.41) is 31.9. The molecule has 0 saturated carbocycles. The molecular formula is C27H28ClN3O8. The highest BCUT2D eigenvalue weighted by atomic mass is 35.5. The normalized spacial score (nSPS) is 17.7. The third kappa shape index (κ3) is 5.60. The molecule has 4 N–H and O–H groups in total. The third-order valence-corrected chi connectivity index (χ3v) is 7.12. The van der Waals surface area contributed by atoms with Crippen molar-refractivity contribution in [3.8, 4) is 5.75 Å². The van der Waals surface area contributed by atoms with Crippen molar-refractivity contribution in [3.05, 3.63) is 64.3 Å². The highest BCUT2D eigenvalue weighted by molar-refractivity contribution is 6.30. The monoisotopic (exact) mass is 557 g/mol. The molecule has 206 valence electrons. The van der Waals surface area contributed by atoms with Gasteiger partial charge in [-0.25, -0.2) is 4.79 Å². The average molecular weight is 558 g/mol. The predicted molar refractivity (Wildman–Crippen MR) is 141 cm³/mol. The summed E-state index contributed by atoms with van der Waals surface area (Å²) in [5.74, 6) is -2.52. The van der Waals surface area contributed by atoms with E-state index in [0.717, 1.165) is 0 Å². The summed E-state index contributed by atoms with van der Waals surface area (Å²) in [5.41, 5.74) is 2.00. The first-order chi connectivity index (χ1) is 18.5. The van der Waals surface area contributed by atoms with Crippen molar-refractivity contribution in [3.63, 3.8) is 0 Å². The van der Waals surface area contributed by atoms with Crippen molar-refractivity contribution in [1.29, 1.82) is 0 Å². The number of aliphatic hydroxyl groups is 2. The molecule has 12 heteroatoms. The van der Waals surface area contributed by atoms with Crippen LogP contribution in [0.5, 0.6) is 5.75 Å². The van der Waals surface area contributed by atoms with Crippen LogP contribution in [0.15, 0.2) is 42.5 Å². The van der Waals surface area contributed by atoms with Gasteiger partial charge in [0.05, 0.1) is 31.8 Å². The molecule has 39 heavy (non-hydrogen) atoms. The number of carbonyl (C=O) groups excluding carboxylic acids is 3. The Bertz CT molecular complexity index is 1440. The number of aliphatic carboxylic acids is 1. The second-order valence-electron chi connectivity index (χ2n) is 9.30. The number of carboxylic acid groups (broad SMARTS) is 1. The molecule has 0 radical (unpaired) electrons. The fourth-order valence-electron chi connectivity index (χ4n) is 4.84. The number of rotatable bonds is 8. The molecule has 0 spiro atoms. The van der Waals surface area contributed by atoms with Gasteiger partial charge >= 0.3 is 5.97 Å². The number of hydrogen-bond donors (Lipinski definition) is 4. The van der Waals surface area contributed by atoms with Gasteiger partial charge in [0, 0.05) is 34.6 Å². The molecule has 0 unspecified atom stereocenters. The van der Waals surface area contributed by atoms with Gasteiger partial charge in [-0.05, 0) is 55.0 Å². The van der Waals surface area contributed by atoms with Crippen molar-refractivity contribution >= 4 is 46.2 Å². The van der Waals surface area contributed by atoms with Crippen LogP contribution in [0, 0.1) is 6.92 Å². The van der Waals surface area contributed by atoms with E-state index in [0.29, 0.717) is 38.5 Å². The van der Waals surface area contributed by atoms with Gasteiger partial charge in [0.25, 0.3) is 5.91 Å². The van der Waals surface area contributed by atoms with Crippen molar-refractivity contribution in [2.75, 3.05) is 20.3 Å². The fraction of sp³-hybridized carbons (Fsp3) is 0.333. The molecule has 2 aromatic carbocycles. The van der Waals surface area contributed by atoms with Crippen LogP contribution < -0.4 is 10.1 Å². The van der Waals surface area contributed by atoms with Gasteiger partial charge in [-0.15, -0.1) is 0 Å². The quantitative estimate of drug-likeness (QED) is 0.323. The molecule has 3 atom stereocenters. The number of likely N-dealkylation sites (tertiary alicyclic amines) is 1. The van der Waals surface area contributed by atoms with Crippen LogP contribution in [-0.4, -0.2) is 86.9 Å². The molecule has 2 amide bonds. The van der Waals surface area contributed by atoms with Gasteiger partial charge in [-0.2, -0.15) is 0 Å². The molecule has 1 aliphatic rings. The second kappa shape index (κ2) is 11.4. The Balaban J connectivity index is 1.69. The highest BCUT2D eigenvalue weighted by Gasteiger charge is 2.40. The number of hydrogen-bond acceptors (Lipinski definition) is 7. The van der Waals surface area contributed by atoms with Gasteiger partial charge in [0.2, 0.25) is 11.8 Å². The molecule has 2 heterocycles. The topological polar surface area (TPSA) is 158 Å². The number of nitrogens with one attached hydrogen (secondary N) is 1. The number of β-amino-alcohol motifs (C(OH)–C–C–N with tert-alkyl or cyclic N) is 1. The van der Waals surface area contributed by atoms with Gasteiger partial charge in [-0.1, -0.05) is 11.6 Å². The first kappa shape index (κ1) is 28.1. The Hall–Kier alpha value is -3.93. The van der Waals surface area contributed by atoms with Crippen molar-refractivity contribution in [1.82, 2.24) is 14.8 Å². The highest BCUT2D eigenvalue weighted by Crippen LogP contribution is 2.32. The molecule has 11 nitrogen and oxygen atoms in total. The van der Waals surface area contributed by atoms with E-state index in [4.69, 9.17) is 21.4 Å². The molecule has 4 rings (SSSR count). The Morgan fingerprint density at radius 2 is 1.85 bits per heavy atom. The second-order valence-corrected chi connectivity index (χ2v) is 9.74. The Morgan fingerprint density at radius 3 is 2.46 bits per heavy atom. The maximum absolute atomic E-state index is 13.5. The number of ether oxygens (including phenoxy) is 1. The summed E-state index contributed by atoms with van der Waals surface area (Å²) in [7, 11) is 1.50. The zero-order chi connectivity index (χ0) is 28.4. The maximum Gasteiger partial charge on any atom is 0.328 e. The number of aliphatic hydroxyl groups excluding tert-OH is 2. The van der Waals surface area contributed by atoms with Crippen LogP contribution in [0.1, 0.15) is 28.0 Å². The Kier molecular flexibility index (Phi) is 8.24. The van der Waals surface area contributed by atoms with E-state index in [1.54, 1.807) is 49.4 Å². The lowest BCUT2D eigenvalue weighted by Gasteiger charge is -2.25. The number of methoxy groups -OCH3 is 1. The van der Waals surface area contributed by atoms with Crippen molar-refractivity contribution < 1.29 is 39.2 Å². The number of halogens is 1. The number of aromatic nitrogens is 1. The standard InChI is InChI=1S/C27H28ClN3O8/c1-14-19(11-24(34)30-12-17(33)9-23(30)25(35)29-21(13-32)27(37)38)20-10-18(39-2)7-8-22(20)31(14)26(36)15-3-5-16(28)6-4-15/h3-8,10,17,21,23,32-33H,9,11-13H2,1-2H3,(H,29,35)(H,37,38)/t17-,21+,23+/m1/s1. The van der Waals surface area contributed by atoms with E-state index >= 15 is 0 Å². The minimum absolute atomic E-state index is 0.0844. The molecular weight excluding hydrogens is 530 g/mol. The van der Waals surface area contributed by atoms with Gasteiger partial charge in [0.1, 0.15) is 17.8 Å². The van der Waals surface area contributed by atoms with Crippen LogP contribution in [-0.2, 0) is 20.8 Å². The predicted octanol–water partition coefficient (Wildman–Crippen LogP) is 1.37. The van der Waals surface area contributed by atoms with Gasteiger partial charge in [0.15, 0.2) is 0 Å². The largest absolute Gasteiger partial charge is 0.497 e. The average Bonchev–Trinajstić information content (AvgIpc) is 3.44. The zero-order valence-electron chi connectivity index (χ0n) is 21.3. The lowest BCUT2D eigenvalue weighted by molar-refractivity contribution is -0.144. The zero-order valence-corrected chi connectivity index (χ0v) is 22.0. The van der Waals surface area contributed by atoms with Gasteiger partial charge in [-0.3, -0.25) is 19.0 Å². The molecule has 0 aliphatic carbocycles. The van der Waals surface area contributed by atoms with Crippen molar-refractivity contribution in [2.45, 2.75) is 38.0 Å². The molecule has 1 saturated heterocycles. The van der Waals surface area contributed by atoms with Crippen LogP contribution >= 0.6 is 11.6 Å². The van der Waals surface area contributed by atoms with E-state index in [1.165, 1.54) is 16.6 Å². The fourth-order valence-corrected chi connectivity index (χ4v) is 4.97.